The second kappa shape index (κ2) is 7.46. The number of nitrogens with zero attached hydrogens (tertiary/aromatic N) is 3. The summed E-state index contributed by atoms with van der Waals surface area (Å²) in [5, 5.41) is 0. The second-order valence-electron chi connectivity index (χ2n) is 7.78. The Hall–Kier alpha value is -0.380. The minimum absolute atomic E-state index is 0.810. The van der Waals surface area contributed by atoms with Gasteiger partial charge in [0, 0.05) is 45.3 Å². The van der Waals surface area contributed by atoms with Gasteiger partial charge in [0.05, 0.1) is 0 Å². The first-order chi connectivity index (χ1) is 10.7. The molecule has 0 bridgehead atoms. The lowest BCUT2D eigenvalue weighted by atomic mass is 9.80. The van der Waals surface area contributed by atoms with Gasteiger partial charge in [-0.15, -0.1) is 0 Å². The van der Waals surface area contributed by atoms with Crippen molar-refractivity contribution in [3.63, 3.8) is 0 Å². The van der Waals surface area contributed by atoms with Crippen LogP contribution in [0.1, 0.15) is 40.0 Å². The molecule has 0 unspecified atom stereocenters. The highest BCUT2D eigenvalue weighted by Gasteiger charge is 2.32. The molecule has 2 fully saturated rings. The SMILES string of the molecule is CCN1CCN([C@@H]2CCN(C[C@@H]3C(C)=CCC[C@H]3C)C2)CC1. The van der Waals surface area contributed by atoms with E-state index < -0.39 is 0 Å². The summed E-state index contributed by atoms with van der Waals surface area (Å²) in [6.45, 7) is 17.4. The van der Waals surface area contributed by atoms with Crippen LogP contribution in [0, 0.1) is 11.8 Å². The highest BCUT2D eigenvalue weighted by atomic mass is 15.3. The largest absolute Gasteiger partial charge is 0.301 e. The minimum Gasteiger partial charge on any atom is -0.301 e. The van der Waals surface area contributed by atoms with E-state index in [4.69, 9.17) is 0 Å². The van der Waals surface area contributed by atoms with Gasteiger partial charge in [0.25, 0.3) is 0 Å². The van der Waals surface area contributed by atoms with Crippen LogP contribution < -0.4 is 0 Å². The summed E-state index contributed by atoms with van der Waals surface area (Å²) in [6.07, 6.45) is 6.56. The van der Waals surface area contributed by atoms with Crippen LogP contribution >= 0.6 is 0 Å². The fourth-order valence-electron chi connectivity index (χ4n) is 4.70. The van der Waals surface area contributed by atoms with Crippen LogP contribution in [-0.4, -0.2) is 73.1 Å². The molecular formula is C19H35N3. The highest BCUT2D eigenvalue weighted by molar-refractivity contribution is 5.09. The molecule has 3 heteroatoms. The molecule has 0 amide bonds. The summed E-state index contributed by atoms with van der Waals surface area (Å²) >= 11 is 0. The molecule has 0 radical (unpaired) electrons. The summed E-state index contributed by atoms with van der Waals surface area (Å²) in [5.41, 5.74) is 1.65. The summed E-state index contributed by atoms with van der Waals surface area (Å²) in [4.78, 5) is 8.10. The average Bonchev–Trinajstić information content (AvgIpc) is 3.00. The number of hydrogen-bond acceptors (Lipinski definition) is 3. The van der Waals surface area contributed by atoms with Gasteiger partial charge >= 0.3 is 0 Å². The molecule has 0 aromatic rings. The van der Waals surface area contributed by atoms with E-state index in [0.717, 1.165) is 17.9 Å². The van der Waals surface area contributed by atoms with E-state index in [1.54, 1.807) is 5.57 Å². The Morgan fingerprint density at radius 2 is 1.82 bits per heavy atom. The molecule has 3 rings (SSSR count). The Bertz CT molecular complexity index is 384. The third kappa shape index (κ3) is 3.74. The van der Waals surface area contributed by atoms with Crippen molar-refractivity contribution in [1.82, 2.24) is 14.7 Å². The zero-order chi connectivity index (χ0) is 15.5. The van der Waals surface area contributed by atoms with Crippen molar-refractivity contribution in [3.05, 3.63) is 11.6 Å². The Balaban J connectivity index is 1.48. The zero-order valence-corrected chi connectivity index (χ0v) is 14.9. The first kappa shape index (κ1) is 16.5. The van der Waals surface area contributed by atoms with Crippen molar-refractivity contribution in [2.24, 2.45) is 11.8 Å². The second-order valence-corrected chi connectivity index (χ2v) is 7.78. The van der Waals surface area contributed by atoms with Crippen LogP contribution in [0.3, 0.4) is 0 Å². The van der Waals surface area contributed by atoms with Gasteiger partial charge < -0.3 is 9.80 Å². The first-order valence-electron chi connectivity index (χ1n) is 9.52. The van der Waals surface area contributed by atoms with Crippen LogP contribution in [0.15, 0.2) is 11.6 Å². The van der Waals surface area contributed by atoms with Gasteiger partial charge in [-0.05, 0) is 51.1 Å². The maximum absolute atomic E-state index is 2.76. The summed E-state index contributed by atoms with van der Waals surface area (Å²) in [5.74, 6) is 1.68. The third-order valence-electron chi connectivity index (χ3n) is 6.43. The number of rotatable bonds is 4. The Labute approximate surface area is 137 Å². The van der Waals surface area contributed by atoms with E-state index in [9.17, 15) is 0 Å². The van der Waals surface area contributed by atoms with E-state index >= 15 is 0 Å². The maximum Gasteiger partial charge on any atom is 0.0236 e. The predicted octanol–water partition coefficient (Wildman–Crippen LogP) is 2.69. The normalized spacial score (nSPS) is 35.8. The van der Waals surface area contributed by atoms with Gasteiger partial charge in [0.1, 0.15) is 0 Å². The molecule has 2 aliphatic heterocycles. The van der Waals surface area contributed by atoms with Crippen LogP contribution in [0.5, 0.6) is 0 Å². The standard InChI is InChI=1S/C19H35N3/c1-4-20-10-12-22(13-11-20)18-8-9-21(14-18)15-19-16(2)6-5-7-17(19)3/h6,17-19H,4-5,7-15H2,1-3H3/t17-,18-,19-/m1/s1. The summed E-state index contributed by atoms with van der Waals surface area (Å²) in [6, 6.07) is 0.821. The van der Waals surface area contributed by atoms with Gasteiger partial charge in [-0.25, -0.2) is 0 Å². The molecule has 3 aliphatic rings. The molecule has 22 heavy (non-hydrogen) atoms. The molecule has 0 saturated carbocycles. The van der Waals surface area contributed by atoms with Crippen molar-refractivity contribution < 1.29 is 0 Å². The number of likely N-dealkylation sites (tertiary alicyclic amines) is 1. The molecule has 0 N–H and O–H groups in total. The predicted molar refractivity (Wildman–Crippen MR) is 94.2 cm³/mol. The van der Waals surface area contributed by atoms with Gasteiger partial charge in [-0.3, -0.25) is 4.90 Å². The van der Waals surface area contributed by atoms with E-state index in [0.29, 0.717) is 0 Å². The number of allylic oxidation sites excluding steroid dienone is 1. The molecule has 3 atom stereocenters. The van der Waals surface area contributed by atoms with Crippen molar-refractivity contribution in [2.75, 3.05) is 52.4 Å². The molecule has 0 aromatic carbocycles. The lowest BCUT2D eigenvalue weighted by molar-refractivity contribution is 0.0994. The van der Waals surface area contributed by atoms with Crippen LogP contribution in [0.25, 0.3) is 0 Å². The lowest BCUT2D eigenvalue weighted by Crippen LogP contribution is -2.51. The monoisotopic (exact) mass is 305 g/mol. The summed E-state index contributed by atoms with van der Waals surface area (Å²) < 4.78 is 0. The molecule has 0 aromatic heterocycles. The maximum atomic E-state index is 2.76. The van der Waals surface area contributed by atoms with Gasteiger partial charge in [-0.1, -0.05) is 25.5 Å². The van der Waals surface area contributed by atoms with Crippen molar-refractivity contribution in [1.29, 1.82) is 0 Å². The fourth-order valence-corrected chi connectivity index (χ4v) is 4.70. The van der Waals surface area contributed by atoms with Crippen molar-refractivity contribution in [3.8, 4) is 0 Å². The zero-order valence-electron chi connectivity index (χ0n) is 14.9. The van der Waals surface area contributed by atoms with Gasteiger partial charge in [0.2, 0.25) is 0 Å². The third-order valence-corrected chi connectivity index (χ3v) is 6.43. The topological polar surface area (TPSA) is 9.72 Å². The number of likely N-dealkylation sites (N-methyl/N-ethyl adjacent to an activating group) is 1. The number of hydrogen-bond donors (Lipinski definition) is 0. The lowest BCUT2D eigenvalue weighted by Gasteiger charge is -2.38. The smallest absolute Gasteiger partial charge is 0.0236 e. The molecule has 3 nitrogen and oxygen atoms in total. The van der Waals surface area contributed by atoms with E-state index in [2.05, 4.69) is 41.5 Å². The molecular weight excluding hydrogens is 270 g/mol. The van der Waals surface area contributed by atoms with Crippen LogP contribution in [-0.2, 0) is 0 Å². The van der Waals surface area contributed by atoms with Crippen molar-refractivity contribution >= 4 is 0 Å². The van der Waals surface area contributed by atoms with E-state index in [1.165, 1.54) is 71.6 Å². The Morgan fingerprint density at radius 1 is 1.05 bits per heavy atom. The molecule has 1 aliphatic carbocycles. The molecule has 2 heterocycles. The Morgan fingerprint density at radius 3 is 2.50 bits per heavy atom. The highest BCUT2D eigenvalue weighted by Crippen LogP contribution is 2.32. The van der Waals surface area contributed by atoms with E-state index in [1.807, 2.05) is 0 Å². The van der Waals surface area contributed by atoms with E-state index in [-0.39, 0.29) is 0 Å². The average molecular weight is 306 g/mol. The first-order valence-corrected chi connectivity index (χ1v) is 9.52. The van der Waals surface area contributed by atoms with Crippen LogP contribution in [0.4, 0.5) is 0 Å². The van der Waals surface area contributed by atoms with Gasteiger partial charge in [0.15, 0.2) is 0 Å². The quantitative estimate of drug-likeness (QED) is 0.740. The van der Waals surface area contributed by atoms with Crippen molar-refractivity contribution in [2.45, 2.75) is 46.1 Å². The molecule has 2 saturated heterocycles. The summed E-state index contributed by atoms with van der Waals surface area (Å²) in [7, 11) is 0. The molecule has 126 valence electrons. The van der Waals surface area contributed by atoms with Gasteiger partial charge in [-0.2, -0.15) is 0 Å². The number of piperazine rings is 1. The Kier molecular flexibility index (Phi) is 5.59. The minimum atomic E-state index is 0.810. The molecule has 0 spiro atoms. The fraction of sp³-hybridized carbons (Fsp3) is 0.895. The van der Waals surface area contributed by atoms with Crippen LogP contribution in [0.2, 0.25) is 0 Å².